The summed E-state index contributed by atoms with van der Waals surface area (Å²) in [5, 5.41) is 8.85. The van der Waals surface area contributed by atoms with Gasteiger partial charge in [0.25, 0.3) is 0 Å². The number of hydrogen-bond donors (Lipinski definition) is 1. The van der Waals surface area contributed by atoms with Gasteiger partial charge in [-0.15, -0.1) is 0 Å². The summed E-state index contributed by atoms with van der Waals surface area (Å²) in [6.07, 6.45) is 3.07. The topological polar surface area (TPSA) is 37.3 Å². The van der Waals surface area contributed by atoms with E-state index in [0.717, 1.165) is 19.3 Å². The quantitative estimate of drug-likeness (QED) is 0.660. The summed E-state index contributed by atoms with van der Waals surface area (Å²) in [7, 11) is 0. The van der Waals surface area contributed by atoms with E-state index in [9.17, 15) is 4.79 Å². The van der Waals surface area contributed by atoms with Crippen molar-refractivity contribution in [3.05, 3.63) is 0 Å². The highest BCUT2D eigenvalue weighted by Gasteiger charge is 2.70. The number of halogens is 1. The predicted octanol–water partition coefficient (Wildman–Crippen LogP) is 1.63. The molecule has 2 saturated carbocycles. The summed E-state index contributed by atoms with van der Waals surface area (Å²) in [6.45, 7) is 0. The lowest BCUT2D eigenvalue weighted by Gasteiger charge is -2.03. The van der Waals surface area contributed by atoms with Crippen molar-refractivity contribution < 1.29 is 9.90 Å². The minimum atomic E-state index is -0.600. The normalized spacial score (nSPS) is 50.5. The van der Waals surface area contributed by atoms with E-state index in [0.29, 0.717) is 5.92 Å². The van der Waals surface area contributed by atoms with E-state index in [1.807, 2.05) is 0 Å². The lowest BCUT2D eigenvalue weighted by molar-refractivity contribution is -0.143. The van der Waals surface area contributed by atoms with Gasteiger partial charge in [-0.1, -0.05) is 22.4 Å². The van der Waals surface area contributed by atoms with Gasteiger partial charge in [-0.2, -0.15) is 0 Å². The van der Waals surface area contributed by atoms with Crippen molar-refractivity contribution in [2.75, 3.05) is 0 Å². The fourth-order valence-electron chi connectivity index (χ4n) is 2.19. The molecule has 0 amide bonds. The molecule has 0 unspecified atom stereocenters. The van der Waals surface area contributed by atoms with Crippen molar-refractivity contribution >= 4 is 21.9 Å². The molecule has 0 radical (unpaired) electrons. The van der Waals surface area contributed by atoms with Gasteiger partial charge >= 0.3 is 5.97 Å². The molecule has 0 aromatic carbocycles. The van der Waals surface area contributed by atoms with Gasteiger partial charge in [0.1, 0.15) is 0 Å². The number of carboxylic acid groups (broad SMARTS) is 1. The molecule has 56 valence electrons. The monoisotopic (exact) mass is 204 g/mol. The molecule has 0 spiro atoms. The number of alkyl halides is 1. The van der Waals surface area contributed by atoms with Gasteiger partial charge in [-0.3, -0.25) is 4.79 Å². The number of hydrogen-bond acceptors (Lipinski definition) is 1. The summed E-state index contributed by atoms with van der Waals surface area (Å²) in [4.78, 5) is 11.0. The molecule has 0 aliphatic heterocycles. The van der Waals surface area contributed by atoms with Crippen LogP contribution >= 0.6 is 15.9 Å². The highest BCUT2D eigenvalue weighted by molar-refractivity contribution is 9.09. The van der Waals surface area contributed by atoms with Crippen LogP contribution in [0.15, 0.2) is 0 Å². The lowest BCUT2D eigenvalue weighted by atomic mass is 10.1. The Balaban J connectivity index is 2.24. The van der Waals surface area contributed by atoms with E-state index in [2.05, 4.69) is 15.9 Å². The molecule has 3 atom stereocenters. The second-order valence-electron chi connectivity index (χ2n) is 3.25. The summed E-state index contributed by atoms with van der Waals surface area (Å²) < 4.78 is 0. The zero-order valence-corrected chi connectivity index (χ0v) is 7.10. The Bertz CT molecular complexity index is 192. The maximum Gasteiger partial charge on any atom is 0.311 e. The van der Waals surface area contributed by atoms with Crippen molar-refractivity contribution in [2.45, 2.75) is 24.1 Å². The van der Waals surface area contributed by atoms with Crippen LogP contribution in [0.1, 0.15) is 19.3 Å². The van der Waals surface area contributed by atoms with Crippen LogP contribution in [0.4, 0.5) is 0 Å². The van der Waals surface area contributed by atoms with Crippen LogP contribution in [-0.2, 0) is 4.79 Å². The van der Waals surface area contributed by atoms with Crippen molar-refractivity contribution in [3.63, 3.8) is 0 Å². The van der Waals surface area contributed by atoms with E-state index in [1.54, 1.807) is 0 Å². The largest absolute Gasteiger partial charge is 0.481 e. The standard InChI is InChI=1S/C7H9BrO2/c8-5-4-2-1-3-7(4,5)6(9)10/h4-5H,1-3H2,(H,9,10)/t4-,5-,7+/m1/s1. The maximum atomic E-state index is 10.7. The van der Waals surface area contributed by atoms with E-state index in [4.69, 9.17) is 5.11 Å². The highest BCUT2D eigenvalue weighted by atomic mass is 79.9. The van der Waals surface area contributed by atoms with Crippen LogP contribution in [0.2, 0.25) is 0 Å². The third-order valence-corrected chi connectivity index (χ3v) is 4.36. The van der Waals surface area contributed by atoms with Crippen LogP contribution in [0.25, 0.3) is 0 Å². The predicted molar refractivity (Wildman–Crippen MR) is 40.1 cm³/mol. The Morgan fingerprint density at radius 2 is 2.40 bits per heavy atom. The molecule has 0 saturated heterocycles. The van der Waals surface area contributed by atoms with Crippen LogP contribution < -0.4 is 0 Å². The van der Waals surface area contributed by atoms with Gasteiger partial charge in [0.05, 0.1) is 5.41 Å². The molecule has 10 heavy (non-hydrogen) atoms. The molecule has 2 fully saturated rings. The smallest absolute Gasteiger partial charge is 0.311 e. The second kappa shape index (κ2) is 1.76. The van der Waals surface area contributed by atoms with E-state index < -0.39 is 5.97 Å². The lowest BCUT2D eigenvalue weighted by Crippen LogP contribution is -2.16. The van der Waals surface area contributed by atoms with Crippen LogP contribution in [0.5, 0.6) is 0 Å². The van der Waals surface area contributed by atoms with E-state index >= 15 is 0 Å². The average molecular weight is 205 g/mol. The molecular weight excluding hydrogens is 196 g/mol. The fraction of sp³-hybridized carbons (Fsp3) is 0.857. The first-order valence-electron chi connectivity index (χ1n) is 3.57. The van der Waals surface area contributed by atoms with Crippen molar-refractivity contribution in [2.24, 2.45) is 11.3 Å². The molecule has 2 rings (SSSR count). The Kier molecular flexibility index (Phi) is 1.17. The molecule has 2 aliphatic carbocycles. The molecule has 1 N–H and O–H groups in total. The Morgan fingerprint density at radius 1 is 1.70 bits per heavy atom. The number of carboxylic acids is 1. The van der Waals surface area contributed by atoms with Crippen LogP contribution in [0.3, 0.4) is 0 Å². The molecule has 0 heterocycles. The SMILES string of the molecule is O=C(O)[C@@]12CCC[C@@H]1[C@H]2Br. The van der Waals surface area contributed by atoms with Crippen LogP contribution in [0, 0.1) is 11.3 Å². The van der Waals surface area contributed by atoms with Gasteiger partial charge in [0.15, 0.2) is 0 Å². The Morgan fingerprint density at radius 3 is 2.70 bits per heavy atom. The molecular formula is C7H9BrO2. The van der Waals surface area contributed by atoms with E-state index in [-0.39, 0.29) is 10.2 Å². The zero-order valence-electron chi connectivity index (χ0n) is 5.51. The molecule has 0 aromatic heterocycles. The second-order valence-corrected chi connectivity index (χ2v) is 4.23. The van der Waals surface area contributed by atoms with Gasteiger partial charge in [-0.25, -0.2) is 0 Å². The molecule has 2 nitrogen and oxygen atoms in total. The first kappa shape index (κ1) is 6.65. The van der Waals surface area contributed by atoms with Crippen LogP contribution in [-0.4, -0.2) is 15.9 Å². The third kappa shape index (κ3) is 0.529. The van der Waals surface area contributed by atoms with Crippen molar-refractivity contribution in [3.8, 4) is 0 Å². The highest BCUT2D eigenvalue weighted by Crippen LogP contribution is 2.67. The maximum absolute atomic E-state index is 10.7. The minimum Gasteiger partial charge on any atom is -0.481 e. The summed E-state index contributed by atoms with van der Waals surface area (Å²) in [5.74, 6) is -0.165. The van der Waals surface area contributed by atoms with E-state index in [1.165, 1.54) is 0 Å². The molecule has 2 aliphatic rings. The summed E-state index contributed by atoms with van der Waals surface area (Å²) >= 11 is 3.40. The average Bonchev–Trinajstić information content (AvgIpc) is 2.36. The molecule has 0 bridgehead atoms. The first-order chi connectivity index (χ1) is 4.69. The Labute approximate surface area is 67.7 Å². The minimum absolute atomic E-state index is 0.270. The molecule has 0 aromatic rings. The number of fused-ring (bicyclic) bond motifs is 1. The molecule has 3 heteroatoms. The van der Waals surface area contributed by atoms with Gasteiger partial charge < -0.3 is 5.11 Å². The fourth-order valence-corrected chi connectivity index (χ4v) is 3.54. The number of aliphatic carboxylic acids is 1. The van der Waals surface area contributed by atoms with Gasteiger partial charge in [0, 0.05) is 4.83 Å². The van der Waals surface area contributed by atoms with Gasteiger partial charge in [-0.05, 0) is 18.8 Å². The van der Waals surface area contributed by atoms with Gasteiger partial charge in [0.2, 0.25) is 0 Å². The zero-order chi connectivity index (χ0) is 7.35. The third-order valence-electron chi connectivity index (χ3n) is 2.90. The summed E-state index contributed by atoms with van der Waals surface area (Å²) in [6, 6.07) is 0. The van der Waals surface area contributed by atoms with Crippen molar-refractivity contribution in [1.29, 1.82) is 0 Å². The number of rotatable bonds is 1. The van der Waals surface area contributed by atoms with Crippen molar-refractivity contribution in [1.82, 2.24) is 0 Å². The summed E-state index contributed by atoms with van der Waals surface area (Å²) in [5.41, 5.74) is -0.347. The number of carbonyl (C=O) groups is 1. The Hall–Kier alpha value is -0.0500. The first-order valence-corrected chi connectivity index (χ1v) is 4.48.